The zero-order valence-corrected chi connectivity index (χ0v) is 11.5. The third-order valence-electron chi connectivity index (χ3n) is 1.80. The third-order valence-corrected chi connectivity index (χ3v) is 1.80. The van der Waals surface area contributed by atoms with E-state index in [1.54, 1.807) is 0 Å². The highest BCUT2D eigenvalue weighted by atomic mass is 16.5. The van der Waals surface area contributed by atoms with Gasteiger partial charge in [-0.05, 0) is 37.6 Å². The molecule has 1 amide bonds. The quantitative estimate of drug-likeness (QED) is 0.869. The highest BCUT2D eigenvalue weighted by Crippen LogP contribution is 2.21. The summed E-state index contributed by atoms with van der Waals surface area (Å²) >= 11 is 0. The van der Waals surface area contributed by atoms with Gasteiger partial charge in [-0.2, -0.15) is 0 Å². The maximum absolute atomic E-state index is 10.8. The lowest BCUT2D eigenvalue weighted by Gasteiger charge is -2.08. The van der Waals surface area contributed by atoms with E-state index in [-0.39, 0.29) is 5.91 Å². The molecular formula is C14H23NO2. The molecule has 1 aromatic carbocycles. The molecule has 0 heterocycles. The van der Waals surface area contributed by atoms with Crippen LogP contribution in [0.5, 0.6) is 5.75 Å². The summed E-state index contributed by atoms with van der Waals surface area (Å²) in [6.07, 6.45) is 1.25. The second-order valence-corrected chi connectivity index (χ2v) is 3.80. The molecule has 0 unspecified atom stereocenters. The van der Waals surface area contributed by atoms with E-state index in [2.05, 4.69) is 19.2 Å². The van der Waals surface area contributed by atoms with Crippen molar-refractivity contribution in [2.45, 2.75) is 41.0 Å². The Bertz CT molecular complexity index is 348. The molecule has 0 aromatic heterocycles. The summed E-state index contributed by atoms with van der Waals surface area (Å²) in [5, 5.41) is 2.72. The van der Waals surface area contributed by atoms with Crippen LogP contribution >= 0.6 is 0 Å². The largest absolute Gasteiger partial charge is 0.494 e. The first kappa shape index (κ1) is 15.5. The number of benzene rings is 1. The molecule has 0 fully saturated rings. The number of anilines is 1. The van der Waals surface area contributed by atoms with Gasteiger partial charge in [0.15, 0.2) is 0 Å². The number of carbonyl (C=O) groups excluding carboxylic acids is 1. The molecule has 0 radical (unpaired) electrons. The monoisotopic (exact) mass is 237 g/mol. The first-order valence-electron chi connectivity index (χ1n) is 6.06. The predicted octanol–water partition coefficient (Wildman–Crippen LogP) is 3.77. The molecule has 0 atom stereocenters. The average molecular weight is 237 g/mol. The number of ether oxygens (including phenoxy) is 1. The van der Waals surface area contributed by atoms with Crippen LogP contribution in [-0.2, 0) is 4.79 Å². The lowest BCUT2D eigenvalue weighted by Crippen LogP contribution is -2.06. The van der Waals surface area contributed by atoms with Crippen LogP contribution in [-0.4, -0.2) is 12.5 Å². The van der Waals surface area contributed by atoms with Crippen molar-refractivity contribution in [2.24, 2.45) is 0 Å². The van der Waals surface area contributed by atoms with Crippen molar-refractivity contribution in [2.75, 3.05) is 11.9 Å². The molecule has 0 bridgehead atoms. The number of hydrogen-bond acceptors (Lipinski definition) is 2. The summed E-state index contributed by atoms with van der Waals surface area (Å²) in [6.45, 7) is 10.3. The van der Waals surface area contributed by atoms with Crippen LogP contribution in [0.2, 0.25) is 0 Å². The second-order valence-electron chi connectivity index (χ2n) is 3.80. The number of hydrogen-bond donors (Lipinski definition) is 1. The van der Waals surface area contributed by atoms with Gasteiger partial charge in [0, 0.05) is 12.6 Å². The fourth-order valence-electron chi connectivity index (χ4n) is 1.25. The maximum Gasteiger partial charge on any atom is 0.221 e. The fraction of sp³-hybridized carbons (Fsp3) is 0.500. The zero-order valence-electron chi connectivity index (χ0n) is 11.5. The molecule has 0 saturated carbocycles. The van der Waals surface area contributed by atoms with Gasteiger partial charge in [-0.25, -0.2) is 0 Å². The number of nitrogens with one attached hydrogen (secondary N) is 1. The van der Waals surface area contributed by atoms with Crippen molar-refractivity contribution in [1.82, 2.24) is 0 Å². The Hall–Kier alpha value is -1.51. The smallest absolute Gasteiger partial charge is 0.221 e. The Labute approximate surface area is 104 Å². The molecule has 3 nitrogen and oxygen atoms in total. The van der Waals surface area contributed by atoms with Crippen LogP contribution in [0.25, 0.3) is 0 Å². The van der Waals surface area contributed by atoms with Gasteiger partial charge in [0.25, 0.3) is 0 Å². The minimum atomic E-state index is -0.0615. The minimum absolute atomic E-state index is 0.0615. The van der Waals surface area contributed by atoms with Crippen LogP contribution in [0.3, 0.4) is 0 Å². The van der Waals surface area contributed by atoms with E-state index in [9.17, 15) is 4.79 Å². The Balaban J connectivity index is 0.000000770. The Morgan fingerprint density at radius 2 is 1.88 bits per heavy atom. The lowest BCUT2D eigenvalue weighted by molar-refractivity contribution is -0.114. The lowest BCUT2D eigenvalue weighted by atomic mass is 10.2. The normalized spacial score (nSPS) is 9.00. The fourth-order valence-corrected chi connectivity index (χ4v) is 1.25. The van der Waals surface area contributed by atoms with E-state index in [0.29, 0.717) is 6.61 Å². The van der Waals surface area contributed by atoms with E-state index in [1.807, 2.05) is 32.0 Å². The van der Waals surface area contributed by atoms with Crippen molar-refractivity contribution < 1.29 is 9.53 Å². The van der Waals surface area contributed by atoms with Crippen LogP contribution in [0, 0.1) is 6.92 Å². The molecule has 1 rings (SSSR count). The number of amides is 1. The molecule has 1 N–H and O–H groups in total. The summed E-state index contributed by atoms with van der Waals surface area (Å²) in [5.41, 5.74) is 1.83. The summed E-state index contributed by atoms with van der Waals surface area (Å²) in [4.78, 5) is 10.8. The van der Waals surface area contributed by atoms with Gasteiger partial charge in [-0.1, -0.05) is 20.3 Å². The molecule has 1 aromatic rings. The highest BCUT2D eigenvalue weighted by Gasteiger charge is 2.01. The summed E-state index contributed by atoms with van der Waals surface area (Å²) in [5.74, 6) is 0.801. The van der Waals surface area contributed by atoms with E-state index < -0.39 is 0 Å². The van der Waals surface area contributed by atoms with Gasteiger partial charge in [0.1, 0.15) is 5.75 Å². The van der Waals surface area contributed by atoms with Gasteiger partial charge in [0.2, 0.25) is 5.91 Å². The number of aryl methyl sites for hydroxylation is 1. The van der Waals surface area contributed by atoms with Gasteiger partial charge < -0.3 is 10.1 Å². The summed E-state index contributed by atoms with van der Waals surface area (Å²) in [7, 11) is 0. The van der Waals surface area contributed by atoms with E-state index >= 15 is 0 Å². The molecule has 0 aliphatic heterocycles. The van der Waals surface area contributed by atoms with Crippen molar-refractivity contribution in [3.63, 3.8) is 0 Å². The molecule has 3 heteroatoms. The molecule has 0 aliphatic carbocycles. The molecule has 0 spiro atoms. The Kier molecular flexibility index (Phi) is 7.85. The van der Waals surface area contributed by atoms with E-state index in [0.717, 1.165) is 17.0 Å². The van der Waals surface area contributed by atoms with Crippen molar-refractivity contribution >= 4 is 11.6 Å². The van der Waals surface area contributed by atoms with Gasteiger partial charge >= 0.3 is 0 Å². The molecule has 0 aliphatic rings. The minimum Gasteiger partial charge on any atom is -0.494 e. The number of rotatable bonds is 3. The first-order valence-corrected chi connectivity index (χ1v) is 6.06. The first-order chi connectivity index (χ1) is 8.04. The van der Waals surface area contributed by atoms with Gasteiger partial charge in [-0.3, -0.25) is 4.79 Å². The Morgan fingerprint density at radius 1 is 1.29 bits per heavy atom. The second kappa shape index (κ2) is 8.62. The van der Waals surface area contributed by atoms with Crippen LogP contribution < -0.4 is 10.1 Å². The molecule has 96 valence electrons. The zero-order chi connectivity index (χ0) is 13.3. The van der Waals surface area contributed by atoms with Crippen LogP contribution in [0.15, 0.2) is 18.2 Å². The van der Waals surface area contributed by atoms with E-state index in [1.165, 1.54) is 13.3 Å². The molecular weight excluding hydrogens is 214 g/mol. The summed E-state index contributed by atoms with van der Waals surface area (Å²) < 4.78 is 5.38. The van der Waals surface area contributed by atoms with Gasteiger partial charge in [0.05, 0.1) is 6.61 Å². The maximum atomic E-state index is 10.8. The third kappa shape index (κ3) is 6.61. The van der Waals surface area contributed by atoms with Crippen LogP contribution in [0.4, 0.5) is 5.69 Å². The highest BCUT2D eigenvalue weighted by molar-refractivity contribution is 5.88. The molecule has 0 saturated heterocycles. The topological polar surface area (TPSA) is 38.3 Å². The SMILES string of the molecule is CCC.CCOc1ccc(NC(C)=O)cc1C. The number of carbonyl (C=O) groups is 1. The van der Waals surface area contributed by atoms with Gasteiger partial charge in [-0.15, -0.1) is 0 Å². The Morgan fingerprint density at radius 3 is 2.29 bits per heavy atom. The standard InChI is InChI=1S/C11H15NO2.C3H8/c1-4-14-11-6-5-10(7-8(11)2)12-9(3)13;1-3-2/h5-7H,4H2,1-3H3,(H,12,13);3H2,1-2H3. The summed E-state index contributed by atoms with van der Waals surface area (Å²) in [6, 6.07) is 5.59. The van der Waals surface area contributed by atoms with Crippen molar-refractivity contribution in [3.8, 4) is 5.75 Å². The predicted molar refractivity (Wildman–Crippen MR) is 72.6 cm³/mol. The van der Waals surface area contributed by atoms with Crippen molar-refractivity contribution in [1.29, 1.82) is 0 Å². The average Bonchev–Trinajstić information content (AvgIpc) is 2.22. The van der Waals surface area contributed by atoms with Crippen LogP contribution in [0.1, 0.15) is 39.7 Å². The van der Waals surface area contributed by atoms with E-state index in [4.69, 9.17) is 4.74 Å². The molecule has 17 heavy (non-hydrogen) atoms. The van der Waals surface area contributed by atoms with Crippen molar-refractivity contribution in [3.05, 3.63) is 23.8 Å².